The number of hydrogen-bond donors (Lipinski definition) is 0. The van der Waals surface area contributed by atoms with Crippen LogP contribution in [0.3, 0.4) is 0 Å². The molecule has 7 nitrogen and oxygen atoms in total. The lowest BCUT2D eigenvalue weighted by atomic mass is 9.99. The molecule has 0 N–H and O–H groups in total. The Morgan fingerprint density at radius 2 is 1.73 bits per heavy atom. The average molecular weight is 456 g/mol. The summed E-state index contributed by atoms with van der Waals surface area (Å²) in [6.07, 6.45) is 3.71. The molecule has 0 saturated carbocycles. The van der Waals surface area contributed by atoms with E-state index in [1.165, 1.54) is 4.68 Å². The van der Waals surface area contributed by atoms with Gasteiger partial charge in [0.1, 0.15) is 0 Å². The van der Waals surface area contributed by atoms with Crippen LogP contribution < -0.4 is 0 Å². The van der Waals surface area contributed by atoms with Crippen molar-refractivity contribution in [3.8, 4) is 11.3 Å². The van der Waals surface area contributed by atoms with Crippen LogP contribution in [0.2, 0.25) is 0 Å². The Morgan fingerprint density at radius 1 is 1.03 bits per heavy atom. The van der Waals surface area contributed by atoms with Crippen LogP contribution in [0.15, 0.2) is 30.6 Å². The molecule has 0 atom stereocenters. The van der Waals surface area contributed by atoms with Gasteiger partial charge in [-0.05, 0) is 24.6 Å². The van der Waals surface area contributed by atoms with Crippen LogP contribution in [0.25, 0.3) is 22.2 Å². The highest BCUT2D eigenvalue weighted by atomic mass is 19.2. The molecule has 0 fully saturated rings. The number of benzene rings is 1. The second-order valence-corrected chi connectivity index (χ2v) is 7.49. The molecule has 172 valence electrons. The lowest BCUT2D eigenvalue weighted by molar-refractivity contribution is 0.0727. The highest BCUT2D eigenvalue weighted by Gasteiger charge is 2.30. The second-order valence-electron chi connectivity index (χ2n) is 7.49. The van der Waals surface area contributed by atoms with Crippen molar-refractivity contribution in [3.63, 3.8) is 0 Å². The maximum Gasteiger partial charge on any atom is 0.275 e. The van der Waals surface area contributed by atoms with E-state index in [2.05, 4.69) is 15.2 Å². The Morgan fingerprint density at radius 3 is 2.42 bits per heavy atom. The van der Waals surface area contributed by atoms with Gasteiger partial charge in [-0.3, -0.25) is 19.1 Å². The summed E-state index contributed by atoms with van der Waals surface area (Å²) in [7, 11) is 3.40. The molecule has 1 aliphatic rings. The fourth-order valence-electron chi connectivity index (χ4n) is 4.16. The Balaban J connectivity index is 0.00000126. The smallest absolute Gasteiger partial charge is 0.275 e. The molecule has 0 bridgehead atoms. The molecule has 10 heteroatoms. The summed E-state index contributed by atoms with van der Waals surface area (Å²) in [6, 6.07) is 3.67. The summed E-state index contributed by atoms with van der Waals surface area (Å²) in [5.41, 5.74) is 3.22. The van der Waals surface area contributed by atoms with Crippen molar-refractivity contribution in [3.05, 3.63) is 65.0 Å². The molecule has 0 radical (unpaired) electrons. The number of hydrogen-bond acceptors (Lipinski definition) is 4. The molecule has 1 aromatic carbocycles. The third kappa shape index (κ3) is 3.75. The summed E-state index contributed by atoms with van der Waals surface area (Å²) >= 11 is 0. The predicted octanol–water partition coefficient (Wildman–Crippen LogP) is 4.01. The summed E-state index contributed by atoms with van der Waals surface area (Å²) in [4.78, 5) is 18.9. The summed E-state index contributed by atoms with van der Waals surface area (Å²) in [6.45, 7) is 4.62. The number of carbonyl (C=O) groups is 1. The Labute approximate surface area is 188 Å². The number of halogens is 3. The Hall–Kier alpha value is -3.69. The minimum absolute atomic E-state index is 0.204. The van der Waals surface area contributed by atoms with E-state index in [1.54, 1.807) is 42.1 Å². The van der Waals surface area contributed by atoms with Crippen molar-refractivity contribution < 1.29 is 18.0 Å². The van der Waals surface area contributed by atoms with Gasteiger partial charge in [-0.2, -0.15) is 10.2 Å². The van der Waals surface area contributed by atoms with Crippen LogP contribution in [0, 0.1) is 17.5 Å². The van der Waals surface area contributed by atoms with Gasteiger partial charge in [0.15, 0.2) is 23.1 Å². The average Bonchev–Trinajstić information content (AvgIpc) is 3.33. The highest BCUT2D eigenvalue weighted by molar-refractivity contribution is 6.04. The van der Waals surface area contributed by atoms with Gasteiger partial charge < -0.3 is 4.90 Å². The fraction of sp³-hybridized carbons (Fsp3) is 0.304. The largest absolute Gasteiger partial charge is 0.331 e. The first-order chi connectivity index (χ1) is 15.8. The second kappa shape index (κ2) is 8.68. The third-order valence-electron chi connectivity index (χ3n) is 5.60. The van der Waals surface area contributed by atoms with E-state index in [0.29, 0.717) is 35.4 Å². The predicted molar refractivity (Wildman–Crippen MR) is 117 cm³/mol. The van der Waals surface area contributed by atoms with Gasteiger partial charge in [-0.1, -0.05) is 13.8 Å². The topological polar surface area (TPSA) is 68.8 Å². The Kier molecular flexibility index (Phi) is 5.92. The molecule has 0 unspecified atom stereocenters. The molecule has 1 amide bonds. The van der Waals surface area contributed by atoms with E-state index in [4.69, 9.17) is 0 Å². The van der Waals surface area contributed by atoms with Crippen molar-refractivity contribution in [2.75, 3.05) is 6.54 Å². The van der Waals surface area contributed by atoms with Gasteiger partial charge in [-0.15, -0.1) is 0 Å². The lowest BCUT2D eigenvalue weighted by Gasteiger charge is -2.26. The number of nitrogens with zero attached hydrogens (tertiary/aromatic N) is 6. The Bertz CT molecular complexity index is 1340. The SMILES string of the molecule is CC.Cn1nc2c(c1-c1cc(F)c(F)c(F)c1)CCN(C(=O)c1nn(C)c3cnccc13)C2. The van der Waals surface area contributed by atoms with Crippen LogP contribution in [-0.2, 0) is 27.1 Å². The van der Waals surface area contributed by atoms with E-state index in [1.807, 2.05) is 13.8 Å². The maximum atomic E-state index is 13.8. The van der Waals surface area contributed by atoms with Crippen LogP contribution in [0.4, 0.5) is 13.2 Å². The van der Waals surface area contributed by atoms with Crippen molar-refractivity contribution >= 4 is 16.8 Å². The first-order valence-corrected chi connectivity index (χ1v) is 10.6. The molecule has 3 aromatic heterocycles. The standard InChI is InChI=1S/C21H17F3N6O.C2H6/c1-28-17-9-25-5-3-13(17)19(27-28)21(31)30-6-4-12-16(10-30)26-29(2)20(12)11-7-14(22)18(24)15(23)8-11;1-2/h3,5,7-9H,4,6,10H2,1-2H3;1-2H3. The van der Waals surface area contributed by atoms with Gasteiger partial charge in [-0.25, -0.2) is 13.2 Å². The van der Waals surface area contributed by atoms with E-state index >= 15 is 0 Å². The van der Waals surface area contributed by atoms with Crippen molar-refractivity contribution in [1.82, 2.24) is 29.4 Å². The zero-order valence-corrected chi connectivity index (χ0v) is 18.7. The number of carbonyl (C=O) groups excluding carboxylic acids is 1. The molecule has 0 aliphatic carbocycles. The molecular formula is C23H23F3N6O. The van der Waals surface area contributed by atoms with Gasteiger partial charge >= 0.3 is 0 Å². The zero-order chi connectivity index (χ0) is 23.9. The number of fused-ring (bicyclic) bond motifs is 2. The lowest BCUT2D eigenvalue weighted by Crippen LogP contribution is -2.36. The summed E-state index contributed by atoms with van der Waals surface area (Å²) in [5.74, 6) is -4.24. The highest BCUT2D eigenvalue weighted by Crippen LogP contribution is 2.32. The first kappa shape index (κ1) is 22.5. The van der Waals surface area contributed by atoms with Gasteiger partial charge in [0.05, 0.1) is 29.6 Å². The molecule has 4 heterocycles. The van der Waals surface area contributed by atoms with Gasteiger partial charge in [0.25, 0.3) is 5.91 Å². The number of aryl methyl sites for hydroxylation is 2. The van der Waals surface area contributed by atoms with Crippen molar-refractivity contribution in [2.45, 2.75) is 26.8 Å². The number of pyridine rings is 1. The quantitative estimate of drug-likeness (QED) is 0.428. The number of rotatable bonds is 2. The van der Waals surface area contributed by atoms with Crippen LogP contribution >= 0.6 is 0 Å². The molecule has 33 heavy (non-hydrogen) atoms. The molecular weight excluding hydrogens is 433 g/mol. The fourth-order valence-corrected chi connectivity index (χ4v) is 4.16. The summed E-state index contributed by atoms with van der Waals surface area (Å²) < 4.78 is 44.0. The minimum Gasteiger partial charge on any atom is -0.331 e. The summed E-state index contributed by atoms with van der Waals surface area (Å²) in [5, 5.41) is 9.53. The zero-order valence-electron chi connectivity index (χ0n) is 18.7. The van der Waals surface area contributed by atoms with Crippen molar-refractivity contribution in [1.29, 1.82) is 0 Å². The molecule has 1 aliphatic heterocycles. The van der Waals surface area contributed by atoms with E-state index < -0.39 is 17.5 Å². The van der Waals surface area contributed by atoms with Crippen LogP contribution in [0.5, 0.6) is 0 Å². The van der Waals surface area contributed by atoms with Crippen LogP contribution in [0.1, 0.15) is 35.6 Å². The van der Waals surface area contributed by atoms with Crippen LogP contribution in [-0.4, -0.2) is 41.9 Å². The number of aromatic nitrogens is 5. The van der Waals surface area contributed by atoms with Gasteiger partial charge in [0.2, 0.25) is 0 Å². The monoisotopic (exact) mass is 456 g/mol. The molecule has 4 aromatic rings. The first-order valence-electron chi connectivity index (χ1n) is 10.6. The normalized spacial score (nSPS) is 13.0. The third-order valence-corrected chi connectivity index (χ3v) is 5.60. The van der Waals surface area contributed by atoms with E-state index in [9.17, 15) is 18.0 Å². The van der Waals surface area contributed by atoms with Crippen molar-refractivity contribution in [2.24, 2.45) is 14.1 Å². The molecule has 0 spiro atoms. The van der Waals surface area contributed by atoms with E-state index in [0.717, 1.165) is 23.2 Å². The number of amides is 1. The van der Waals surface area contributed by atoms with Gasteiger partial charge in [0, 0.05) is 43.4 Å². The maximum absolute atomic E-state index is 13.8. The molecule has 0 saturated heterocycles. The molecule has 5 rings (SSSR count). The minimum atomic E-state index is -1.51. The van der Waals surface area contributed by atoms with E-state index in [-0.39, 0.29) is 18.0 Å².